The molecule has 1 aromatic heterocycles. The van der Waals surface area contributed by atoms with Crippen molar-refractivity contribution in [2.75, 3.05) is 11.5 Å². The Labute approximate surface area is 83.9 Å². The number of aromatic nitrogens is 1. The zero-order valence-electron chi connectivity index (χ0n) is 8.37. The summed E-state index contributed by atoms with van der Waals surface area (Å²) in [5.74, 6) is 1.74. The van der Waals surface area contributed by atoms with E-state index in [4.69, 9.17) is 5.73 Å². The number of nitrogen functional groups attached to an aromatic ring is 1. The van der Waals surface area contributed by atoms with Crippen molar-refractivity contribution in [2.24, 2.45) is 5.92 Å². The summed E-state index contributed by atoms with van der Waals surface area (Å²) in [6.07, 6.45) is 1.81. The molecule has 3 heteroatoms. The Kier molecular flexibility index (Phi) is 3.60. The molecule has 0 fully saturated rings. The summed E-state index contributed by atoms with van der Waals surface area (Å²) in [6, 6.07) is 1.94. The van der Waals surface area contributed by atoms with Gasteiger partial charge in [-0.2, -0.15) is 0 Å². The lowest BCUT2D eigenvalue weighted by atomic mass is 10.3. The van der Waals surface area contributed by atoms with Gasteiger partial charge in [0, 0.05) is 11.9 Å². The predicted octanol–water partition coefficient (Wildman–Crippen LogP) is 2.72. The molecule has 0 aromatic carbocycles. The lowest BCUT2D eigenvalue weighted by molar-refractivity contribution is 0.749. The Morgan fingerprint density at radius 2 is 2.23 bits per heavy atom. The third kappa shape index (κ3) is 2.92. The van der Waals surface area contributed by atoms with E-state index in [0.29, 0.717) is 5.92 Å². The summed E-state index contributed by atoms with van der Waals surface area (Å²) in [4.78, 5) is 4.25. The van der Waals surface area contributed by atoms with Gasteiger partial charge < -0.3 is 5.73 Å². The molecule has 0 saturated carbocycles. The van der Waals surface area contributed by atoms with Crippen molar-refractivity contribution in [1.82, 2.24) is 4.98 Å². The topological polar surface area (TPSA) is 38.9 Å². The van der Waals surface area contributed by atoms with E-state index in [1.807, 2.05) is 19.2 Å². The molecule has 0 atom stereocenters. The summed E-state index contributed by atoms with van der Waals surface area (Å²) in [7, 11) is 0. The summed E-state index contributed by atoms with van der Waals surface area (Å²) in [5.41, 5.74) is 7.82. The highest BCUT2D eigenvalue weighted by Crippen LogP contribution is 2.26. The lowest BCUT2D eigenvalue weighted by Crippen LogP contribution is -1.97. The van der Waals surface area contributed by atoms with Crippen LogP contribution in [0.5, 0.6) is 0 Å². The highest BCUT2D eigenvalue weighted by molar-refractivity contribution is 7.99. The van der Waals surface area contributed by atoms with Crippen molar-refractivity contribution in [3.63, 3.8) is 0 Å². The molecule has 0 aliphatic heterocycles. The van der Waals surface area contributed by atoms with Crippen LogP contribution in [0.1, 0.15) is 19.4 Å². The van der Waals surface area contributed by atoms with Crippen LogP contribution < -0.4 is 5.73 Å². The molecule has 1 heterocycles. The van der Waals surface area contributed by atoms with Gasteiger partial charge in [-0.05, 0) is 24.5 Å². The first kappa shape index (κ1) is 10.4. The summed E-state index contributed by atoms with van der Waals surface area (Å²) >= 11 is 1.73. The quantitative estimate of drug-likeness (QED) is 0.755. The Balaban J connectivity index is 2.71. The zero-order valence-corrected chi connectivity index (χ0v) is 9.19. The first-order valence-electron chi connectivity index (χ1n) is 4.45. The number of pyridine rings is 1. The molecule has 1 aromatic rings. The monoisotopic (exact) mass is 196 g/mol. The number of hydrogen-bond acceptors (Lipinski definition) is 3. The maximum atomic E-state index is 5.89. The molecule has 0 spiro atoms. The standard InChI is InChI=1S/C10H16N2S/c1-7(2)6-13-10-9(11)8(3)4-5-12-10/h4-5,7H,6,11H2,1-3H3. The van der Waals surface area contributed by atoms with Crippen molar-refractivity contribution < 1.29 is 0 Å². The molecular formula is C10H16N2S. The number of anilines is 1. The molecule has 1 rings (SSSR count). The van der Waals surface area contributed by atoms with Crippen LogP contribution in [-0.4, -0.2) is 10.7 Å². The highest BCUT2D eigenvalue weighted by atomic mass is 32.2. The molecular weight excluding hydrogens is 180 g/mol. The second kappa shape index (κ2) is 4.51. The fourth-order valence-electron chi connectivity index (χ4n) is 0.905. The van der Waals surface area contributed by atoms with Crippen LogP contribution >= 0.6 is 11.8 Å². The van der Waals surface area contributed by atoms with Gasteiger partial charge in [0.15, 0.2) is 0 Å². The van der Waals surface area contributed by atoms with Crippen LogP contribution in [0.4, 0.5) is 5.69 Å². The molecule has 0 aliphatic rings. The molecule has 2 N–H and O–H groups in total. The maximum Gasteiger partial charge on any atom is 0.119 e. The average Bonchev–Trinajstić information content (AvgIpc) is 2.07. The van der Waals surface area contributed by atoms with E-state index in [1.54, 1.807) is 11.8 Å². The largest absolute Gasteiger partial charge is 0.396 e. The molecule has 0 radical (unpaired) electrons. The van der Waals surface area contributed by atoms with Crippen molar-refractivity contribution >= 4 is 17.4 Å². The average molecular weight is 196 g/mol. The Morgan fingerprint density at radius 3 is 2.85 bits per heavy atom. The van der Waals surface area contributed by atoms with Crippen LogP contribution in [0.3, 0.4) is 0 Å². The molecule has 0 saturated heterocycles. The smallest absolute Gasteiger partial charge is 0.119 e. The van der Waals surface area contributed by atoms with Crippen LogP contribution in [0.15, 0.2) is 17.3 Å². The third-order valence-electron chi connectivity index (χ3n) is 1.72. The van der Waals surface area contributed by atoms with Crippen molar-refractivity contribution in [3.05, 3.63) is 17.8 Å². The van der Waals surface area contributed by atoms with Gasteiger partial charge in [-0.1, -0.05) is 13.8 Å². The van der Waals surface area contributed by atoms with Crippen LogP contribution in [0, 0.1) is 12.8 Å². The Morgan fingerprint density at radius 1 is 1.54 bits per heavy atom. The van der Waals surface area contributed by atoms with Gasteiger partial charge in [-0.3, -0.25) is 0 Å². The van der Waals surface area contributed by atoms with Crippen LogP contribution in [0.2, 0.25) is 0 Å². The maximum absolute atomic E-state index is 5.89. The number of thioether (sulfide) groups is 1. The summed E-state index contributed by atoms with van der Waals surface area (Å²) in [5, 5.41) is 0.966. The van der Waals surface area contributed by atoms with Gasteiger partial charge in [0.1, 0.15) is 5.03 Å². The minimum absolute atomic E-state index is 0.673. The number of nitrogens with zero attached hydrogens (tertiary/aromatic N) is 1. The van der Waals surface area contributed by atoms with Crippen LogP contribution in [-0.2, 0) is 0 Å². The summed E-state index contributed by atoms with van der Waals surface area (Å²) < 4.78 is 0. The second-order valence-electron chi connectivity index (χ2n) is 3.55. The molecule has 0 amide bonds. The third-order valence-corrected chi connectivity index (χ3v) is 3.16. The molecule has 72 valence electrons. The second-order valence-corrected chi connectivity index (χ2v) is 4.56. The lowest BCUT2D eigenvalue weighted by Gasteiger charge is -2.07. The Bertz CT molecular complexity index is 284. The van der Waals surface area contributed by atoms with Crippen molar-refractivity contribution in [3.8, 4) is 0 Å². The SMILES string of the molecule is Cc1ccnc(SCC(C)C)c1N. The van der Waals surface area contributed by atoms with E-state index in [9.17, 15) is 0 Å². The van der Waals surface area contributed by atoms with E-state index >= 15 is 0 Å². The van der Waals surface area contributed by atoms with Gasteiger partial charge in [0.25, 0.3) is 0 Å². The first-order chi connectivity index (χ1) is 6.11. The van der Waals surface area contributed by atoms with Gasteiger partial charge in [-0.15, -0.1) is 11.8 Å². The molecule has 0 aliphatic carbocycles. The molecule has 13 heavy (non-hydrogen) atoms. The van der Waals surface area contributed by atoms with Gasteiger partial charge in [-0.25, -0.2) is 4.98 Å². The number of nitrogens with two attached hydrogens (primary N) is 1. The Hall–Kier alpha value is -0.700. The number of hydrogen-bond donors (Lipinski definition) is 1. The number of rotatable bonds is 3. The van der Waals surface area contributed by atoms with Gasteiger partial charge in [0.2, 0.25) is 0 Å². The fourth-order valence-corrected chi connectivity index (χ4v) is 1.85. The highest BCUT2D eigenvalue weighted by Gasteiger charge is 2.04. The molecule has 0 bridgehead atoms. The zero-order chi connectivity index (χ0) is 9.84. The molecule has 0 unspecified atom stereocenters. The van der Waals surface area contributed by atoms with Crippen LogP contribution in [0.25, 0.3) is 0 Å². The van der Waals surface area contributed by atoms with Crippen molar-refractivity contribution in [1.29, 1.82) is 0 Å². The fraction of sp³-hybridized carbons (Fsp3) is 0.500. The number of aryl methyl sites for hydroxylation is 1. The normalized spacial score (nSPS) is 10.8. The van der Waals surface area contributed by atoms with E-state index in [2.05, 4.69) is 18.8 Å². The van der Waals surface area contributed by atoms with Gasteiger partial charge >= 0.3 is 0 Å². The van der Waals surface area contributed by atoms with E-state index < -0.39 is 0 Å². The predicted molar refractivity (Wildman–Crippen MR) is 58.9 cm³/mol. The minimum atomic E-state index is 0.673. The molecule has 2 nitrogen and oxygen atoms in total. The van der Waals surface area contributed by atoms with E-state index in [-0.39, 0.29) is 0 Å². The van der Waals surface area contributed by atoms with E-state index in [1.165, 1.54) is 0 Å². The van der Waals surface area contributed by atoms with E-state index in [0.717, 1.165) is 22.0 Å². The van der Waals surface area contributed by atoms with Crippen molar-refractivity contribution in [2.45, 2.75) is 25.8 Å². The van der Waals surface area contributed by atoms with Gasteiger partial charge in [0.05, 0.1) is 5.69 Å². The minimum Gasteiger partial charge on any atom is -0.396 e. The summed E-state index contributed by atoms with van der Waals surface area (Å²) in [6.45, 7) is 6.40. The first-order valence-corrected chi connectivity index (χ1v) is 5.43.